The first-order valence-corrected chi connectivity index (χ1v) is 3.44. The molecule has 0 aliphatic heterocycles. The first kappa shape index (κ1) is 8.92. The van der Waals surface area contributed by atoms with Crippen molar-refractivity contribution in [1.29, 1.82) is 0 Å². The molecule has 0 aromatic heterocycles. The molecule has 0 rings (SSSR count). The third kappa shape index (κ3) is 4.43. The Hall–Kier alpha value is -0.0800. The summed E-state index contributed by atoms with van der Waals surface area (Å²) in [5.74, 6) is 0. The van der Waals surface area contributed by atoms with Crippen molar-refractivity contribution in [3.05, 3.63) is 5.32 Å². The van der Waals surface area contributed by atoms with E-state index in [1.54, 1.807) is 0 Å². The Morgan fingerprint density at radius 1 is 1.44 bits per heavy atom. The number of nitrogens with zero attached hydrogens (tertiary/aromatic N) is 2. The largest absolute Gasteiger partial charge is 0.664 e. The van der Waals surface area contributed by atoms with Crippen molar-refractivity contribution >= 4 is 0 Å². The lowest BCUT2D eigenvalue weighted by Crippen LogP contribution is -2.28. The quantitative estimate of drug-likeness (QED) is 0.559. The highest BCUT2D eigenvalue weighted by molar-refractivity contribution is 4.72. The van der Waals surface area contributed by atoms with Crippen molar-refractivity contribution in [3.8, 4) is 0 Å². The molecule has 0 aromatic carbocycles. The predicted octanol–water partition coefficient (Wildman–Crippen LogP) is 1.33. The van der Waals surface area contributed by atoms with Crippen LogP contribution in [0.1, 0.15) is 13.8 Å². The first-order valence-electron chi connectivity index (χ1n) is 3.44. The highest BCUT2D eigenvalue weighted by atomic mass is 15.1. The molecule has 0 bridgehead atoms. The average Bonchev–Trinajstić information content (AvgIpc) is 1.82. The minimum absolute atomic E-state index is 0.645. The molecule has 0 radical (unpaired) electrons. The van der Waals surface area contributed by atoms with E-state index in [0.717, 1.165) is 13.1 Å². The highest BCUT2D eigenvalue weighted by Gasteiger charge is 1.97. The summed E-state index contributed by atoms with van der Waals surface area (Å²) in [5, 5.41) is 4.02. The zero-order valence-corrected chi connectivity index (χ0v) is 6.89. The molecule has 2 nitrogen and oxygen atoms in total. The summed E-state index contributed by atoms with van der Waals surface area (Å²) in [5.41, 5.74) is 0. The Morgan fingerprint density at radius 2 is 2.00 bits per heavy atom. The van der Waals surface area contributed by atoms with Gasteiger partial charge in [0, 0.05) is 6.04 Å². The van der Waals surface area contributed by atoms with Gasteiger partial charge in [0.15, 0.2) is 0 Å². The van der Waals surface area contributed by atoms with E-state index in [0.29, 0.717) is 6.04 Å². The minimum Gasteiger partial charge on any atom is -0.664 e. The summed E-state index contributed by atoms with van der Waals surface area (Å²) >= 11 is 0. The van der Waals surface area contributed by atoms with Crippen molar-refractivity contribution in [1.82, 2.24) is 4.90 Å². The lowest BCUT2D eigenvalue weighted by molar-refractivity contribution is 0.285. The summed E-state index contributed by atoms with van der Waals surface area (Å²) in [6.07, 6.45) is 0. The maximum Gasteiger partial charge on any atom is 0.00348 e. The van der Waals surface area contributed by atoms with Crippen LogP contribution < -0.4 is 0 Å². The maximum atomic E-state index is 4.02. The van der Waals surface area contributed by atoms with Crippen LogP contribution in [0, 0.1) is 0 Å². The van der Waals surface area contributed by atoms with E-state index >= 15 is 0 Å². The molecule has 0 saturated heterocycles. The number of likely N-dealkylation sites (N-methyl/N-ethyl adjacent to an activating group) is 2. The second-order valence-electron chi connectivity index (χ2n) is 2.61. The van der Waals surface area contributed by atoms with Gasteiger partial charge in [-0.3, -0.25) is 0 Å². The molecule has 0 aliphatic rings. The Balaban J connectivity index is 3.16. The molecule has 0 aliphatic carbocycles. The molecule has 0 heterocycles. The molecule has 0 fully saturated rings. The zero-order valence-electron chi connectivity index (χ0n) is 6.89. The Bertz CT molecular complexity index is 61.9. The molecule has 0 amide bonds. The Labute approximate surface area is 58.2 Å². The highest BCUT2D eigenvalue weighted by Crippen LogP contribution is 1.92. The van der Waals surface area contributed by atoms with E-state index in [1.165, 1.54) is 0 Å². The van der Waals surface area contributed by atoms with Crippen molar-refractivity contribution in [3.63, 3.8) is 0 Å². The van der Waals surface area contributed by atoms with Crippen LogP contribution >= 0.6 is 0 Å². The normalized spacial score (nSPS) is 11.3. The van der Waals surface area contributed by atoms with Gasteiger partial charge in [-0.2, -0.15) is 7.05 Å². The van der Waals surface area contributed by atoms with Gasteiger partial charge < -0.3 is 10.2 Å². The molecular weight excluding hydrogens is 112 g/mol. The summed E-state index contributed by atoms with van der Waals surface area (Å²) < 4.78 is 0. The molecule has 0 N–H and O–H groups in total. The van der Waals surface area contributed by atoms with Crippen molar-refractivity contribution in [2.45, 2.75) is 19.9 Å². The van der Waals surface area contributed by atoms with Gasteiger partial charge in [0.1, 0.15) is 0 Å². The number of rotatable bonds is 4. The molecule has 0 aromatic rings. The van der Waals surface area contributed by atoms with E-state index in [4.69, 9.17) is 0 Å². The van der Waals surface area contributed by atoms with Gasteiger partial charge in [0.2, 0.25) is 0 Å². The van der Waals surface area contributed by atoms with Crippen LogP contribution in [0.2, 0.25) is 0 Å². The van der Waals surface area contributed by atoms with Gasteiger partial charge in [0.25, 0.3) is 0 Å². The van der Waals surface area contributed by atoms with E-state index < -0.39 is 0 Å². The molecule has 9 heavy (non-hydrogen) atoms. The lowest BCUT2D eigenvalue weighted by Gasteiger charge is -2.24. The standard InChI is InChI=1S/C7H17N2/c1-7(2)9(4)6-5-8-3/h7H,5-6H2,1-4H3/q-1. The maximum absolute atomic E-state index is 4.02. The summed E-state index contributed by atoms with van der Waals surface area (Å²) in [6.45, 7) is 6.41. The molecule has 2 heteroatoms. The van der Waals surface area contributed by atoms with Crippen LogP contribution in [0.3, 0.4) is 0 Å². The molecule has 0 atom stereocenters. The molecule has 0 spiro atoms. The summed E-state index contributed by atoms with van der Waals surface area (Å²) in [7, 11) is 3.98. The first-order chi connectivity index (χ1) is 4.18. The monoisotopic (exact) mass is 129 g/mol. The van der Waals surface area contributed by atoms with Gasteiger partial charge in [0.05, 0.1) is 0 Å². The fourth-order valence-electron chi connectivity index (χ4n) is 0.516. The Kier molecular flexibility index (Phi) is 4.72. The van der Waals surface area contributed by atoms with Crippen molar-refractivity contribution < 1.29 is 0 Å². The van der Waals surface area contributed by atoms with E-state index in [-0.39, 0.29) is 0 Å². The average molecular weight is 129 g/mol. The van der Waals surface area contributed by atoms with Crippen LogP contribution in [0.25, 0.3) is 5.32 Å². The van der Waals surface area contributed by atoms with Crippen LogP contribution in [0.15, 0.2) is 0 Å². The predicted molar refractivity (Wildman–Crippen MR) is 41.9 cm³/mol. The topological polar surface area (TPSA) is 17.3 Å². The fraction of sp³-hybridized carbons (Fsp3) is 1.00. The molecule has 0 saturated carbocycles. The van der Waals surface area contributed by atoms with E-state index in [9.17, 15) is 0 Å². The van der Waals surface area contributed by atoms with Gasteiger partial charge in [-0.25, -0.2) is 0 Å². The lowest BCUT2D eigenvalue weighted by atomic mass is 10.3. The Morgan fingerprint density at radius 3 is 2.33 bits per heavy atom. The molecule has 56 valence electrons. The van der Waals surface area contributed by atoms with Gasteiger partial charge in [-0.1, -0.05) is 0 Å². The van der Waals surface area contributed by atoms with Crippen LogP contribution in [-0.2, 0) is 0 Å². The van der Waals surface area contributed by atoms with Gasteiger partial charge in [-0.15, -0.1) is 6.54 Å². The van der Waals surface area contributed by atoms with Gasteiger partial charge >= 0.3 is 0 Å². The van der Waals surface area contributed by atoms with Crippen molar-refractivity contribution in [2.24, 2.45) is 0 Å². The summed E-state index contributed by atoms with van der Waals surface area (Å²) in [6, 6.07) is 0.645. The number of hydrogen-bond donors (Lipinski definition) is 0. The van der Waals surface area contributed by atoms with E-state index in [2.05, 4.69) is 31.1 Å². The minimum atomic E-state index is 0.645. The second kappa shape index (κ2) is 4.77. The smallest absolute Gasteiger partial charge is 0.00348 e. The second-order valence-corrected chi connectivity index (χ2v) is 2.61. The summed E-state index contributed by atoms with van der Waals surface area (Å²) in [4.78, 5) is 2.28. The SMILES string of the molecule is C[N-]CCN(C)C(C)C. The third-order valence-corrected chi connectivity index (χ3v) is 1.56. The zero-order chi connectivity index (χ0) is 7.28. The van der Waals surface area contributed by atoms with Crippen LogP contribution in [-0.4, -0.2) is 38.1 Å². The van der Waals surface area contributed by atoms with Crippen LogP contribution in [0.5, 0.6) is 0 Å². The van der Waals surface area contributed by atoms with Gasteiger partial charge in [-0.05, 0) is 27.4 Å². The van der Waals surface area contributed by atoms with Crippen LogP contribution in [0.4, 0.5) is 0 Å². The number of hydrogen-bond acceptors (Lipinski definition) is 1. The van der Waals surface area contributed by atoms with Crippen molar-refractivity contribution in [2.75, 3.05) is 27.2 Å². The molecular formula is C7H17N2-. The molecule has 0 unspecified atom stereocenters. The van der Waals surface area contributed by atoms with E-state index in [1.807, 2.05) is 7.05 Å². The fourth-order valence-corrected chi connectivity index (χ4v) is 0.516. The third-order valence-electron chi connectivity index (χ3n) is 1.56.